The lowest BCUT2D eigenvalue weighted by Crippen LogP contribution is -2.29. The van der Waals surface area contributed by atoms with Gasteiger partial charge in [-0.05, 0) is 56.5 Å². The van der Waals surface area contributed by atoms with Gasteiger partial charge in [0.1, 0.15) is 23.7 Å². The van der Waals surface area contributed by atoms with Crippen LogP contribution in [0.4, 0.5) is 21.6 Å². The van der Waals surface area contributed by atoms with Crippen molar-refractivity contribution >= 4 is 44.7 Å². The lowest BCUT2D eigenvalue weighted by atomic mass is 10.1. The number of halogens is 1. The normalized spacial score (nSPS) is 13.3. The molecule has 34 heavy (non-hydrogen) atoms. The maximum Gasteiger partial charge on any atom is 0.258 e. The molecule has 1 aliphatic heterocycles. The van der Waals surface area contributed by atoms with Crippen LogP contribution in [0.25, 0.3) is 10.9 Å². The molecule has 4 rings (SSSR count). The number of fused-ring (bicyclic) bond motifs is 1. The number of anilines is 2. The Morgan fingerprint density at radius 3 is 2.85 bits per heavy atom. The number of aromatic nitrogens is 2. The molecule has 0 saturated carbocycles. The summed E-state index contributed by atoms with van der Waals surface area (Å²) in [5, 5.41) is 6.70. The first-order valence-corrected chi connectivity index (χ1v) is 12.6. The van der Waals surface area contributed by atoms with Gasteiger partial charge in [-0.25, -0.2) is 18.7 Å². The summed E-state index contributed by atoms with van der Waals surface area (Å²) in [5.41, 5.74) is 3.19. The zero-order chi connectivity index (χ0) is 23.9. The third kappa shape index (κ3) is 5.88. The van der Waals surface area contributed by atoms with E-state index >= 15 is 0 Å². The number of carbonyl (C=O) groups is 1. The Morgan fingerprint density at radius 1 is 1.24 bits per heavy atom. The van der Waals surface area contributed by atoms with E-state index in [2.05, 4.69) is 32.4 Å². The number of hydrogen-bond donors (Lipinski definition) is 2. The summed E-state index contributed by atoms with van der Waals surface area (Å²) in [4.78, 5) is 20.8. The maximum atomic E-state index is 13.9. The van der Waals surface area contributed by atoms with Crippen LogP contribution in [-0.2, 0) is 15.5 Å². The number of hydrogen-bond acceptors (Lipinski definition) is 6. The van der Waals surface area contributed by atoms with Crippen LogP contribution < -0.4 is 15.4 Å². The summed E-state index contributed by atoms with van der Waals surface area (Å²) in [6.07, 6.45) is 3.97. The Hall–Kier alpha value is -3.51. The molecule has 0 bridgehead atoms. The summed E-state index contributed by atoms with van der Waals surface area (Å²) in [6.45, 7) is 3.66. The van der Waals surface area contributed by atoms with Crippen LogP contribution >= 0.6 is 0 Å². The molecule has 7 nitrogen and oxygen atoms in total. The molecule has 0 radical (unpaired) electrons. The average Bonchev–Trinajstić information content (AvgIpc) is 3.32. The quantitative estimate of drug-likeness (QED) is 0.485. The van der Waals surface area contributed by atoms with E-state index in [1.807, 2.05) is 19.1 Å². The van der Waals surface area contributed by atoms with Crippen LogP contribution in [0.3, 0.4) is 0 Å². The first kappa shape index (κ1) is 23.6. The molecule has 2 N–H and O–H groups in total. The van der Waals surface area contributed by atoms with Crippen LogP contribution in [0.1, 0.15) is 25.3 Å². The maximum absolute atomic E-state index is 13.9. The molecule has 1 fully saturated rings. The highest BCUT2D eigenvalue weighted by molar-refractivity contribution is 7.87. The highest BCUT2D eigenvalue weighted by atomic mass is 32.2. The summed E-state index contributed by atoms with van der Waals surface area (Å²) in [5.74, 6) is 7.71. The lowest BCUT2D eigenvalue weighted by Gasteiger charge is -2.15. The van der Waals surface area contributed by atoms with Gasteiger partial charge in [0.2, 0.25) is 0 Å². The number of benzene rings is 2. The number of aryl methyl sites for hydroxylation is 1. The number of carbonyl (C=O) groups excluding carboxylic acids is 1. The van der Waals surface area contributed by atoms with Crippen molar-refractivity contribution in [2.45, 2.75) is 26.7 Å². The van der Waals surface area contributed by atoms with Gasteiger partial charge in [0, 0.05) is 23.0 Å². The fraction of sp³-hybridized carbons (Fsp3) is 0.320. The van der Waals surface area contributed by atoms with Gasteiger partial charge in [-0.2, -0.15) is 0 Å². The van der Waals surface area contributed by atoms with Crippen LogP contribution in [-0.4, -0.2) is 40.5 Å². The number of nitrogens with one attached hydrogen (secondary N) is 2. The molecule has 3 aromatic rings. The number of amides is 1. The third-order valence-electron chi connectivity index (χ3n) is 5.27. The fourth-order valence-electron chi connectivity index (χ4n) is 3.67. The molecule has 2 aromatic carbocycles. The molecule has 0 aliphatic carbocycles. The van der Waals surface area contributed by atoms with Gasteiger partial charge in [-0.15, -0.1) is 5.92 Å². The van der Waals surface area contributed by atoms with E-state index in [-0.39, 0.29) is 35.5 Å². The molecule has 1 aromatic heterocycles. The van der Waals surface area contributed by atoms with Gasteiger partial charge >= 0.3 is 0 Å². The van der Waals surface area contributed by atoms with Gasteiger partial charge in [0.15, 0.2) is 6.61 Å². The van der Waals surface area contributed by atoms with Crippen molar-refractivity contribution in [1.82, 2.24) is 15.3 Å². The van der Waals surface area contributed by atoms with Crippen LogP contribution in [0.15, 0.2) is 41.0 Å². The molecule has 0 atom stereocenters. The summed E-state index contributed by atoms with van der Waals surface area (Å²) < 4.78 is 24.4. The molecule has 0 unspecified atom stereocenters. The molecule has 2 heterocycles. The summed E-state index contributed by atoms with van der Waals surface area (Å²) in [7, 11) is 0.0928. The molecular weight excluding hydrogens is 453 g/mol. The van der Waals surface area contributed by atoms with Crippen molar-refractivity contribution in [3.8, 4) is 17.6 Å². The van der Waals surface area contributed by atoms with Crippen molar-refractivity contribution in [1.29, 1.82) is 0 Å². The second kappa shape index (κ2) is 11.1. The minimum absolute atomic E-state index is 0.0928. The lowest BCUT2D eigenvalue weighted by molar-refractivity contribution is -0.122. The van der Waals surface area contributed by atoms with Crippen LogP contribution in [0.5, 0.6) is 5.75 Å². The highest BCUT2D eigenvalue weighted by Crippen LogP contribution is 2.34. The predicted molar refractivity (Wildman–Crippen MR) is 134 cm³/mol. The Labute approximate surface area is 200 Å². The largest absolute Gasteiger partial charge is 0.481 e. The standard InChI is InChI=1S/C25H26FN5O2S/c1-3-4-9-27-23(32)15-33-22-13-18(26)7-8-20(22)30-25-24-17(2)12-19(14-21(24)28-16-29-25)31-34-10-5-6-11-34/h7-8,12-14,16H,5-6,9-11,15H2,1-2H3,(H,27,32)(H,28,29,30). The Balaban J connectivity index is 1.59. The average molecular weight is 480 g/mol. The molecule has 1 saturated heterocycles. The van der Waals surface area contributed by atoms with Crippen molar-refractivity contribution < 1.29 is 13.9 Å². The van der Waals surface area contributed by atoms with E-state index in [0.29, 0.717) is 11.5 Å². The van der Waals surface area contributed by atoms with E-state index in [1.165, 1.54) is 31.3 Å². The molecule has 0 spiro atoms. The number of rotatable bonds is 7. The second-order valence-electron chi connectivity index (χ2n) is 7.81. The Kier molecular flexibility index (Phi) is 7.70. The van der Waals surface area contributed by atoms with Gasteiger partial charge in [0.05, 0.1) is 23.4 Å². The van der Waals surface area contributed by atoms with E-state index in [1.54, 1.807) is 13.0 Å². The second-order valence-corrected chi connectivity index (χ2v) is 9.73. The minimum atomic E-state index is -0.472. The van der Waals surface area contributed by atoms with E-state index in [9.17, 15) is 9.18 Å². The zero-order valence-corrected chi connectivity index (χ0v) is 20.0. The monoisotopic (exact) mass is 479 g/mol. The van der Waals surface area contributed by atoms with Gasteiger partial charge < -0.3 is 15.4 Å². The van der Waals surface area contributed by atoms with Gasteiger partial charge in [-0.1, -0.05) is 16.6 Å². The Morgan fingerprint density at radius 2 is 2.06 bits per heavy atom. The van der Waals surface area contributed by atoms with E-state index in [0.717, 1.165) is 33.7 Å². The smallest absolute Gasteiger partial charge is 0.258 e. The molecule has 176 valence electrons. The van der Waals surface area contributed by atoms with E-state index < -0.39 is 5.82 Å². The third-order valence-corrected chi connectivity index (χ3v) is 7.26. The Bertz CT molecular complexity index is 1310. The predicted octanol–water partition coefficient (Wildman–Crippen LogP) is 4.57. The molecular formula is C25H26FN5O2S. The van der Waals surface area contributed by atoms with Crippen molar-refractivity contribution in [3.05, 3.63) is 48.0 Å². The molecule has 1 amide bonds. The van der Waals surface area contributed by atoms with Crippen molar-refractivity contribution in [2.75, 3.05) is 30.0 Å². The number of nitrogens with zero attached hydrogens (tertiary/aromatic N) is 3. The summed E-state index contributed by atoms with van der Waals surface area (Å²) in [6, 6.07) is 8.14. The van der Waals surface area contributed by atoms with E-state index in [4.69, 9.17) is 9.10 Å². The highest BCUT2D eigenvalue weighted by Gasteiger charge is 2.14. The van der Waals surface area contributed by atoms with Crippen molar-refractivity contribution in [2.24, 2.45) is 4.36 Å². The van der Waals surface area contributed by atoms with Gasteiger partial charge in [-0.3, -0.25) is 4.79 Å². The molecule has 1 aliphatic rings. The first-order chi connectivity index (χ1) is 16.5. The van der Waals surface area contributed by atoms with Gasteiger partial charge in [0.25, 0.3) is 5.91 Å². The fourth-order valence-corrected chi connectivity index (χ4v) is 5.54. The summed E-state index contributed by atoms with van der Waals surface area (Å²) >= 11 is 0. The zero-order valence-electron chi connectivity index (χ0n) is 19.2. The topological polar surface area (TPSA) is 88.5 Å². The van der Waals surface area contributed by atoms with Crippen LogP contribution in [0.2, 0.25) is 0 Å². The first-order valence-electron chi connectivity index (χ1n) is 11.0. The van der Waals surface area contributed by atoms with Crippen LogP contribution in [0, 0.1) is 24.6 Å². The number of ether oxygens (including phenoxy) is 1. The minimum Gasteiger partial charge on any atom is -0.481 e. The SMILES string of the molecule is CC#CCNC(=O)COc1cc(F)ccc1Nc1ncnc2cc(N=S3CCCC3)cc(C)c12. The molecule has 9 heteroatoms. The van der Waals surface area contributed by atoms with Crippen molar-refractivity contribution in [3.63, 3.8) is 0 Å².